The predicted molar refractivity (Wildman–Crippen MR) is 96.3 cm³/mol. The van der Waals surface area contributed by atoms with Crippen molar-refractivity contribution in [2.24, 2.45) is 0 Å². The number of ether oxygens (including phenoxy) is 1. The lowest BCUT2D eigenvalue weighted by Crippen LogP contribution is -2.41. The van der Waals surface area contributed by atoms with Gasteiger partial charge < -0.3 is 14.0 Å². The molecule has 1 aromatic heterocycles. The summed E-state index contributed by atoms with van der Waals surface area (Å²) >= 11 is 6.07. The van der Waals surface area contributed by atoms with Gasteiger partial charge >= 0.3 is 7.12 Å². The SMILES string of the molecule is CC1(C)OB(C(F)=C2CCC(Oc3ncccc3Cl)CC2)OC1(C)C. The van der Waals surface area contributed by atoms with E-state index in [1.54, 1.807) is 18.3 Å². The zero-order valence-electron chi connectivity index (χ0n) is 15.1. The van der Waals surface area contributed by atoms with Crippen molar-refractivity contribution in [2.75, 3.05) is 0 Å². The number of pyridine rings is 1. The molecule has 0 unspecified atom stereocenters. The first-order valence-electron chi connectivity index (χ1n) is 8.70. The van der Waals surface area contributed by atoms with E-state index in [0.29, 0.717) is 23.7 Å². The van der Waals surface area contributed by atoms with Crippen molar-refractivity contribution in [3.8, 4) is 5.88 Å². The van der Waals surface area contributed by atoms with E-state index in [9.17, 15) is 4.39 Å². The van der Waals surface area contributed by atoms with E-state index in [1.807, 2.05) is 27.7 Å². The van der Waals surface area contributed by atoms with Crippen molar-refractivity contribution >= 4 is 18.7 Å². The minimum absolute atomic E-state index is 0.0118. The molecular formula is C18H24BClFNO3. The highest BCUT2D eigenvalue weighted by atomic mass is 35.5. The average molecular weight is 368 g/mol. The molecule has 1 saturated carbocycles. The Morgan fingerprint density at radius 1 is 1.24 bits per heavy atom. The normalized spacial score (nSPS) is 25.1. The third kappa shape index (κ3) is 3.86. The molecule has 0 bridgehead atoms. The summed E-state index contributed by atoms with van der Waals surface area (Å²) in [6.07, 6.45) is 4.30. The molecule has 4 nitrogen and oxygen atoms in total. The van der Waals surface area contributed by atoms with Crippen molar-refractivity contribution in [1.82, 2.24) is 4.98 Å². The molecule has 1 aromatic rings. The van der Waals surface area contributed by atoms with Crippen LogP contribution in [0.5, 0.6) is 5.88 Å². The van der Waals surface area contributed by atoms with Gasteiger partial charge in [-0.2, -0.15) is 0 Å². The maximum absolute atomic E-state index is 14.9. The maximum atomic E-state index is 14.9. The van der Waals surface area contributed by atoms with Crippen molar-refractivity contribution < 1.29 is 18.4 Å². The molecule has 0 spiro atoms. The molecule has 1 aliphatic carbocycles. The van der Waals surface area contributed by atoms with E-state index in [1.165, 1.54) is 0 Å². The van der Waals surface area contributed by atoms with Gasteiger partial charge in [-0.15, -0.1) is 0 Å². The quantitative estimate of drug-likeness (QED) is 0.712. The van der Waals surface area contributed by atoms with Gasteiger partial charge in [0.1, 0.15) is 16.9 Å². The lowest BCUT2D eigenvalue weighted by Gasteiger charge is -2.32. The molecule has 1 aliphatic heterocycles. The molecule has 0 radical (unpaired) electrons. The largest absolute Gasteiger partial charge is 0.525 e. The summed E-state index contributed by atoms with van der Waals surface area (Å²) in [5.41, 5.74) is -0.601. The fraction of sp³-hybridized carbons (Fsp3) is 0.611. The van der Waals surface area contributed by atoms with Crippen LogP contribution in [0.25, 0.3) is 0 Å². The van der Waals surface area contributed by atoms with E-state index in [2.05, 4.69) is 4.98 Å². The molecule has 2 heterocycles. The number of hydrogen-bond donors (Lipinski definition) is 0. The molecule has 0 amide bonds. The molecule has 25 heavy (non-hydrogen) atoms. The van der Waals surface area contributed by atoms with Crippen LogP contribution in [0.2, 0.25) is 5.02 Å². The van der Waals surface area contributed by atoms with E-state index in [0.717, 1.165) is 18.4 Å². The lowest BCUT2D eigenvalue weighted by atomic mass is 9.79. The van der Waals surface area contributed by atoms with Gasteiger partial charge in [0, 0.05) is 6.20 Å². The number of allylic oxidation sites excluding steroid dienone is 1. The van der Waals surface area contributed by atoms with Crippen LogP contribution < -0.4 is 4.74 Å². The molecule has 3 rings (SSSR count). The van der Waals surface area contributed by atoms with Crippen LogP contribution in [0, 0.1) is 0 Å². The van der Waals surface area contributed by atoms with Crippen LogP contribution >= 0.6 is 11.6 Å². The van der Waals surface area contributed by atoms with Crippen molar-refractivity contribution in [3.05, 3.63) is 34.7 Å². The second-order valence-electron chi connectivity index (χ2n) is 7.65. The van der Waals surface area contributed by atoms with Crippen LogP contribution in [0.3, 0.4) is 0 Å². The van der Waals surface area contributed by atoms with Crippen molar-refractivity contribution in [1.29, 1.82) is 0 Å². The summed E-state index contributed by atoms with van der Waals surface area (Å²) in [4.78, 5) is 4.14. The molecule has 136 valence electrons. The van der Waals surface area contributed by atoms with Crippen LogP contribution in [-0.4, -0.2) is 29.4 Å². The van der Waals surface area contributed by atoms with Gasteiger partial charge in [0.15, 0.2) is 0 Å². The van der Waals surface area contributed by atoms with E-state index in [-0.39, 0.29) is 11.8 Å². The Kier molecular flexibility index (Phi) is 5.15. The Morgan fingerprint density at radius 2 is 1.84 bits per heavy atom. The first-order chi connectivity index (χ1) is 11.7. The highest BCUT2D eigenvalue weighted by molar-refractivity contribution is 6.53. The van der Waals surface area contributed by atoms with Crippen LogP contribution in [0.1, 0.15) is 53.4 Å². The highest BCUT2D eigenvalue weighted by Crippen LogP contribution is 2.41. The zero-order chi connectivity index (χ0) is 18.2. The molecule has 2 aliphatic rings. The van der Waals surface area contributed by atoms with Gasteiger partial charge in [0.25, 0.3) is 0 Å². The molecule has 0 aromatic carbocycles. The molecule has 1 saturated heterocycles. The monoisotopic (exact) mass is 367 g/mol. The molecule has 0 N–H and O–H groups in total. The van der Waals surface area contributed by atoms with Gasteiger partial charge in [-0.05, 0) is 71.1 Å². The summed E-state index contributed by atoms with van der Waals surface area (Å²) in [6, 6.07) is 3.51. The number of hydrogen-bond acceptors (Lipinski definition) is 4. The second-order valence-corrected chi connectivity index (χ2v) is 8.05. The third-order valence-corrected chi connectivity index (χ3v) is 5.62. The summed E-state index contributed by atoms with van der Waals surface area (Å²) in [6.45, 7) is 7.69. The summed E-state index contributed by atoms with van der Waals surface area (Å²) in [7, 11) is -0.914. The molecule has 7 heteroatoms. The Morgan fingerprint density at radius 3 is 2.40 bits per heavy atom. The lowest BCUT2D eigenvalue weighted by molar-refractivity contribution is 0.00578. The highest BCUT2D eigenvalue weighted by Gasteiger charge is 2.53. The fourth-order valence-electron chi connectivity index (χ4n) is 3.03. The standard InChI is InChI=1S/C18H24BClFNO3/c1-17(2)18(3,4)25-19(24-17)15(21)12-7-9-13(10-8-12)23-16-14(20)6-5-11-22-16/h5-6,11,13H,7-10H2,1-4H3. The predicted octanol–water partition coefficient (Wildman–Crippen LogP) is 4.91. The third-order valence-electron chi connectivity index (χ3n) is 5.34. The maximum Gasteiger partial charge on any atom is 0.525 e. The van der Waals surface area contributed by atoms with Crippen molar-refractivity contribution in [2.45, 2.75) is 70.7 Å². The van der Waals surface area contributed by atoms with Gasteiger partial charge in [-0.1, -0.05) is 11.6 Å². The average Bonchev–Trinajstić information content (AvgIpc) is 2.78. The number of aromatic nitrogens is 1. The molecular weight excluding hydrogens is 343 g/mol. The van der Waals surface area contributed by atoms with Gasteiger partial charge in [-0.3, -0.25) is 0 Å². The molecule has 2 fully saturated rings. The Hall–Kier alpha value is -1.11. The number of halogens is 2. The first kappa shape index (κ1) is 18.7. The smallest absolute Gasteiger partial charge is 0.473 e. The topological polar surface area (TPSA) is 40.6 Å². The van der Waals surface area contributed by atoms with Crippen molar-refractivity contribution in [3.63, 3.8) is 0 Å². The summed E-state index contributed by atoms with van der Waals surface area (Å²) in [5, 5.41) is 0.493. The number of rotatable bonds is 3. The van der Waals surface area contributed by atoms with Crippen LogP contribution in [-0.2, 0) is 9.31 Å². The number of nitrogens with zero attached hydrogens (tertiary/aromatic N) is 1. The van der Waals surface area contributed by atoms with Crippen LogP contribution in [0.4, 0.5) is 4.39 Å². The zero-order valence-corrected chi connectivity index (χ0v) is 15.9. The first-order valence-corrected chi connectivity index (χ1v) is 9.07. The Balaban J connectivity index is 1.62. The summed E-state index contributed by atoms with van der Waals surface area (Å²) in [5.74, 6) is 0.438. The Bertz CT molecular complexity index is 654. The van der Waals surface area contributed by atoms with Crippen LogP contribution in [0.15, 0.2) is 29.6 Å². The van der Waals surface area contributed by atoms with Gasteiger partial charge in [0.05, 0.1) is 11.2 Å². The van der Waals surface area contributed by atoms with Gasteiger partial charge in [-0.25, -0.2) is 9.37 Å². The van der Waals surface area contributed by atoms with Gasteiger partial charge in [0.2, 0.25) is 5.88 Å². The van der Waals surface area contributed by atoms with E-state index >= 15 is 0 Å². The fourth-order valence-corrected chi connectivity index (χ4v) is 3.19. The summed E-state index contributed by atoms with van der Waals surface area (Å²) < 4.78 is 32.3. The minimum atomic E-state index is -0.914. The van der Waals surface area contributed by atoms with E-state index in [4.69, 9.17) is 25.6 Å². The molecule has 0 atom stereocenters. The minimum Gasteiger partial charge on any atom is -0.473 e. The Labute approximate surface area is 153 Å². The van der Waals surface area contributed by atoms with E-state index < -0.39 is 18.3 Å². The second kappa shape index (κ2) is 6.90.